The minimum absolute atomic E-state index is 0.103. The Bertz CT molecular complexity index is 529. The predicted molar refractivity (Wildman–Crippen MR) is 68.8 cm³/mol. The SMILES string of the molecule is O=COC1CCN(c2cc(C(F)(F)F)cc(C(F)(F)F)c2)CC1. The lowest BCUT2D eigenvalue weighted by Gasteiger charge is -2.33. The maximum absolute atomic E-state index is 12.8. The molecule has 0 N–H and O–H groups in total. The van der Waals surface area contributed by atoms with E-state index in [1.54, 1.807) is 0 Å². The van der Waals surface area contributed by atoms with Gasteiger partial charge in [0.25, 0.3) is 6.47 Å². The molecule has 1 aliphatic heterocycles. The molecule has 2 rings (SSSR count). The molecule has 9 heteroatoms. The first-order chi connectivity index (χ1) is 10.6. The van der Waals surface area contributed by atoms with Crippen molar-refractivity contribution in [2.75, 3.05) is 18.0 Å². The normalized spacial score (nSPS) is 17.2. The van der Waals surface area contributed by atoms with E-state index in [2.05, 4.69) is 0 Å². The van der Waals surface area contributed by atoms with Crippen molar-refractivity contribution >= 4 is 12.2 Å². The fourth-order valence-corrected chi connectivity index (χ4v) is 2.45. The second-order valence-corrected chi connectivity index (χ2v) is 5.18. The zero-order valence-electron chi connectivity index (χ0n) is 11.7. The van der Waals surface area contributed by atoms with Crippen LogP contribution < -0.4 is 4.90 Å². The fraction of sp³-hybridized carbons (Fsp3) is 0.500. The minimum Gasteiger partial charge on any atom is -0.464 e. The third-order valence-electron chi connectivity index (χ3n) is 3.63. The van der Waals surface area contributed by atoms with Gasteiger partial charge in [-0.25, -0.2) is 0 Å². The highest BCUT2D eigenvalue weighted by Gasteiger charge is 2.37. The van der Waals surface area contributed by atoms with E-state index in [-0.39, 0.29) is 37.4 Å². The summed E-state index contributed by atoms with van der Waals surface area (Å²) in [7, 11) is 0. The molecule has 1 aliphatic rings. The first-order valence-electron chi connectivity index (χ1n) is 6.75. The average molecular weight is 341 g/mol. The minimum atomic E-state index is -4.87. The molecule has 0 atom stereocenters. The summed E-state index contributed by atoms with van der Waals surface area (Å²) in [5, 5.41) is 0. The van der Waals surface area contributed by atoms with Crippen molar-refractivity contribution in [1.29, 1.82) is 0 Å². The lowest BCUT2D eigenvalue weighted by Crippen LogP contribution is -2.37. The van der Waals surface area contributed by atoms with Gasteiger partial charge in [-0.3, -0.25) is 4.79 Å². The Morgan fingerprint density at radius 3 is 1.83 bits per heavy atom. The summed E-state index contributed by atoms with van der Waals surface area (Å²) in [5.74, 6) is 0. The average Bonchev–Trinajstić information content (AvgIpc) is 2.46. The third-order valence-corrected chi connectivity index (χ3v) is 3.63. The van der Waals surface area contributed by atoms with Crippen molar-refractivity contribution in [2.45, 2.75) is 31.3 Å². The molecule has 1 saturated heterocycles. The van der Waals surface area contributed by atoms with Crippen molar-refractivity contribution in [3.8, 4) is 0 Å². The van der Waals surface area contributed by atoms with Gasteiger partial charge >= 0.3 is 12.4 Å². The summed E-state index contributed by atoms with van der Waals surface area (Å²) in [4.78, 5) is 11.7. The smallest absolute Gasteiger partial charge is 0.416 e. The van der Waals surface area contributed by atoms with E-state index in [1.165, 1.54) is 4.90 Å². The van der Waals surface area contributed by atoms with E-state index >= 15 is 0 Å². The summed E-state index contributed by atoms with van der Waals surface area (Å²) in [6, 6.07) is 1.51. The van der Waals surface area contributed by atoms with Gasteiger partial charge < -0.3 is 9.64 Å². The molecule has 0 bridgehead atoms. The number of hydrogen-bond acceptors (Lipinski definition) is 3. The highest BCUT2D eigenvalue weighted by Crippen LogP contribution is 2.38. The number of alkyl halides is 6. The predicted octanol–water partition coefficient (Wildman–Crippen LogP) is 3.87. The van der Waals surface area contributed by atoms with Crippen LogP contribution in [0.15, 0.2) is 18.2 Å². The number of anilines is 1. The number of ether oxygens (including phenoxy) is 1. The Morgan fingerprint density at radius 2 is 1.43 bits per heavy atom. The van der Waals surface area contributed by atoms with Crippen molar-refractivity contribution in [1.82, 2.24) is 0 Å². The first kappa shape index (κ1) is 17.4. The molecule has 1 aromatic carbocycles. The van der Waals surface area contributed by atoms with Crippen molar-refractivity contribution in [3.63, 3.8) is 0 Å². The summed E-state index contributed by atoms with van der Waals surface area (Å²) in [5.41, 5.74) is -2.82. The van der Waals surface area contributed by atoms with Gasteiger partial charge in [0, 0.05) is 31.6 Å². The number of hydrogen-bond donors (Lipinski definition) is 0. The number of nitrogens with zero attached hydrogens (tertiary/aromatic N) is 1. The molecule has 0 spiro atoms. The van der Waals surface area contributed by atoms with E-state index in [0.29, 0.717) is 25.0 Å². The zero-order chi connectivity index (χ0) is 17.3. The second-order valence-electron chi connectivity index (χ2n) is 5.18. The van der Waals surface area contributed by atoms with Crippen molar-refractivity contribution in [2.24, 2.45) is 0 Å². The second kappa shape index (κ2) is 6.29. The largest absolute Gasteiger partial charge is 0.464 e. The summed E-state index contributed by atoms with van der Waals surface area (Å²) < 4.78 is 81.7. The van der Waals surface area contributed by atoms with Crippen LogP contribution in [0.1, 0.15) is 24.0 Å². The van der Waals surface area contributed by atoms with E-state index < -0.39 is 23.5 Å². The Hall–Kier alpha value is -1.93. The first-order valence-corrected chi connectivity index (χ1v) is 6.75. The molecule has 128 valence electrons. The number of carbonyl (C=O) groups excluding carboxylic acids is 1. The van der Waals surface area contributed by atoms with E-state index in [4.69, 9.17) is 4.74 Å². The number of piperidine rings is 1. The molecule has 0 aromatic heterocycles. The van der Waals surface area contributed by atoms with E-state index in [1.807, 2.05) is 0 Å². The van der Waals surface area contributed by atoms with Crippen molar-refractivity contribution < 1.29 is 35.9 Å². The topological polar surface area (TPSA) is 29.5 Å². The molecule has 0 radical (unpaired) electrons. The number of benzene rings is 1. The van der Waals surface area contributed by atoms with Crippen LogP contribution in [0.4, 0.5) is 32.0 Å². The van der Waals surface area contributed by atoms with Gasteiger partial charge in [-0.15, -0.1) is 0 Å². The number of carbonyl (C=O) groups is 1. The van der Waals surface area contributed by atoms with Crippen LogP contribution in [0.25, 0.3) is 0 Å². The third kappa shape index (κ3) is 4.29. The molecule has 1 fully saturated rings. The van der Waals surface area contributed by atoms with Gasteiger partial charge in [0.05, 0.1) is 11.1 Å². The maximum Gasteiger partial charge on any atom is 0.416 e. The van der Waals surface area contributed by atoms with Crippen LogP contribution in [0.2, 0.25) is 0 Å². The van der Waals surface area contributed by atoms with Crippen LogP contribution >= 0.6 is 0 Å². The molecular formula is C14H13F6NO2. The van der Waals surface area contributed by atoms with E-state index in [0.717, 1.165) is 0 Å². The van der Waals surface area contributed by atoms with Crippen molar-refractivity contribution in [3.05, 3.63) is 29.3 Å². The Morgan fingerprint density at radius 1 is 0.957 bits per heavy atom. The Balaban J connectivity index is 2.30. The number of rotatable bonds is 3. The van der Waals surface area contributed by atoms with Gasteiger partial charge in [0.1, 0.15) is 6.10 Å². The van der Waals surface area contributed by atoms with Gasteiger partial charge in [0.2, 0.25) is 0 Å². The van der Waals surface area contributed by atoms with Gasteiger partial charge in [-0.05, 0) is 18.2 Å². The van der Waals surface area contributed by atoms with Crippen LogP contribution in [0.3, 0.4) is 0 Å². The molecule has 3 nitrogen and oxygen atoms in total. The van der Waals surface area contributed by atoms with E-state index in [9.17, 15) is 31.1 Å². The molecular weight excluding hydrogens is 328 g/mol. The lowest BCUT2D eigenvalue weighted by molar-refractivity contribution is -0.143. The summed E-state index contributed by atoms with van der Waals surface area (Å²) >= 11 is 0. The molecule has 1 aromatic rings. The number of halogens is 6. The highest BCUT2D eigenvalue weighted by molar-refractivity contribution is 5.53. The molecule has 0 amide bonds. The maximum atomic E-state index is 12.8. The quantitative estimate of drug-likeness (QED) is 0.618. The highest BCUT2D eigenvalue weighted by atomic mass is 19.4. The molecule has 0 saturated carbocycles. The monoisotopic (exact) mass is 341 g/mol. The Labute approximate surface area is 127 Å². The van der Waals surface area contributed by atoms with Gasteiger partial charge in [-0.2, -0.15) is 26.3 Å². The van der Waals surface area contributed by atoms with Crippen LogP contribution in [-0.4, -0.2) is 25.7 Å². The fourth-order valence-electron chi connectivity index (χ4n) is 2.45. The molecule has 0 unspecified atom stereocenters. The van der Waals surface area contributed by atoms with Crippen LogP contribution in [-0.2, 0) is 21.9 Å². The summed E-state index contributed by atoms with van der Waals surface area (Å²) in [6.07, 6.45) is -9.41. The van der Waals surface area contributed by atoms with Gasteiger partial charge in [-0.1, -0.05) is 0 Å². The molecule has 1 heterocycles. The Kier molecular flexibility index (Phi) is 4.76. The summed E-state index contributed by atoms with van der Waals surface area (Å²) in [6.45, 7) is 0.695. The molecule has 0 aliphatic carbocycles. The lowest BCUT2D eigenvalue weighted by atomic mass is 10.0. The molecule has 23 heavy (non-hydrogen) atoms. The standard InChI is InChI=1S/C14H13F6NO2/c15-13(16,17)9-5-10(14(18,19)20)7-11(6-9)21-3-1-12(2-4-21)23-8-22/h5-8,12H,1-4H2. The van der Waals surface area contributed by atoms with Crippen LogP contribution in [0.5, 0.6) is 0 Å². The van der Waals surface area contributed by atoms with Crippen LogP contribution in [0, 0.1) is 0 Å². The van der Waals surface area contributed by atoms with Gasteiger partial charge in [0.15, 0.2) is 0 Å². The zero-order valence-corrected chi connectivity index (χ0v) is 11.7.